The third-order valence-corrected chi connectivity index (χ3v) is 6.52. The Morgan fingerprint density at radius 2 is 1.85 bits per heavy atom. The van der Waals surface area contributed by atoms with Gasteiger partial charge in [0.25, 0.3) is 0 Å². The highest BCUT2D eigenvalue weighted by atomic mass is 32.2. The molecule has 2 fully saturated rings. The molecule has 26 heavy (non-hydrogen) atoms. The summed E-state index contributed by atoms with van der Waals surface area (Å²) in [6.07, 6.45) is 7.83. The summed E-state index contributed by atoms with van der Waals surface area (Å²) in [4.78, 5) is 0. The molecule has 1 aromatic rings. The molecule has 3 rings (SSSR count). The molecule has 2 aliphatic rings. The van der Waals surface area contributed by atoms with Crippen molar-refractivity contribution in [1.29, 1.82) is 0 Å². The Morgan fingerprint density at radius 1 is 1.15 bits per heavy atom. The van der Waals surface area contributed by atoms with E-state index in [1.807, 2.05) is 0 Å². The lowest BCUT2D eigenvalue weighted by Gasteiger charge is -2.30. The van der Waals surface area contributed by atoms with Gasteiger partial charge in [-0.3, -0.25) is 0 Å². The van der Waals surface area contributed by atoms with Crippen LogP contribution in [0.15, 0.2) is 30.3 Å². The quantitative estimate of drug-likeness (QED) is 0.763. The summed E-state index contributed by atoms with van der Waals surface area (Å²) in [5.74, 6) is 0.643. The molecule has 1 aromatic carbocycles. The highest BCUT2D eigenvalue weighted by Crippen LogP contribution is 2.34. The highest BCUT2D eigenvalue weighted by Gasteiger charge is 2.35. The monoisotopic (exact) mass is 380 g/mol. The van der Waals surface area contributed by atoms with Crippen molar-refractivity contribution in [1.82, 2.24) is 10.0 Å². The van der Waals surface area contributed by atoms with Gasteiger partial charge in [-0.15, -0.1) is 0 Å². The molecule has 3 atom stereocenters. The van der Waals surface area contributed by atoms with E-state index in [1.165, 1.54) is 11.8 Å². The second-order valence-electron chi connectivity index (χ2n) is 7.83. The maximum absolute atomic E-state index is 11.6. The standard InChI is InChI=1S/C20H32N2O3S/c1-3-17-13-19(22-26(2,23)24)20(21-17)14-25-18-11-9-16(10-12-18)15-7-5-4-6-8-15/h4-8,16-22H,3,9-14H2,1-2H3/t16-,17?,18+,19?,20?. The number of benzene rings is 1. The first-order valence-corrected chi connectivity index (χ1v) is 11.7. The zero-order valence-corrected chi connectivity index (χ0v) is 16.7. The Labute approximate surface area is 158 Å². The minimum atomic E-state index is -3.20. The van der Waals surface area contributed by atoms with E-state index >= 15 is 0 Å². The van der Waals surface area contributed by atoms with Crippen molar-refractivity contribution in [3.05, 3.63) is 35.9 Å². The molecule has 146 valence electrons. The summed E-state index contributed by atoms with van der Waals surface area (Å²) >= 11 is 0. The lowest BCUT2D eigenvalue weighted by atomic mass is 9.83. The second kappa shape index (κ2) is 8.83. The van der Waals surface area contributed by atoms with Crippen molar-refractivity contribution in [2.75, 3.05) is 12.9 Å². The third-order valence-electron chi connectivity index (χ3n) is 5.79. The number of ether oxygens (including phenoxy) is 1. The van der Waals surface area contributed by atoms with Crippen LogP contribution < -0.4 is 10.0 Å². The molecule has 1 aliphatic carbocycles. The van der Waals surface area contributed by atoms with Crippen molar-refractivity contribution in [2.45, 2.75) is 75.6 Å². The summed E-state index contributed by atoms with van der Waals surface area (Å²) < 4.78 is 32.2. The van der Waals surface area contributed by atoms with Crippen LogP contribution in [0.2, 0.25) is 0 Å². The number of hydrogen-bond acceptors (Lipinski definition) is 4. The Morgan fingerprint density at radius 3 is 2.46 bits per heavy atom. The lowest BCUT2D eigenvalue weighted by molar-refractivity contribution is 0.0121. The first-order chi connectivity index (χ1) is 12.4. The smallest absolute Gasteiger partial charge is 0.209 e. The van der Waals surface area contributed by atoms with Crippen molar-refractivity contribution < 1.29 is 13.2 Å². The first kappa shape index (κ1) is 19.8. The highest BCUT2D eigenvalue weighted by molar-refractivity contribution is 7.88. The Kier molecular flexibility index (Phi) is 6.72. The minimum absolute atomic E-state index is 0.0570. The fourth-order valence-electron chi connectivity index (χ4n) is 4.34. The SMILES string of the molecule is CCC1CC(NS(C)(=O)=O)C(CO[C@H]2CC[C@@H](c3ccccc3)CC2)N1. The number of rotatable bonds is 7. The van der Waals surface area contributed by atoms with Crippen molar-refractivity contribution in [3.63, 3.8) is 0 Å². The molecule has 2 N–H and O–H groups in total. The molecule has 5 nitrogen and oxygen atoms in total. The number of hydrogen-bond donors (Lipinski definition) is 2. The van der Waals surface area contributed by atoms with Crippen LogP contribution in [0.5, 0.6) is 0 Å². The van der Waals surface area contributed by atoms with Gasteiger partial charge in [0, 0.05) is 18.1 Å². The number of sulfonamides is 1. The van der Waals surface area contributed by atoms with Gasteiger partial charge < -0.3 is 10.1 Å². The van der Waals surface area contributed by atoms with Crippen LogP contribution in [0.1, 0.15) is 56.9 Å². The van der Waals surface area contributed by atoms with Crippen LogP contribution in [-0.4, -0.2) is 45.5 Å². The van der Waals surface area contributed by atoms with Crippen LogP contribution in [-0.2, 0) is 14.8 Å². The Hall–Kier alpha value is -0.950. The van der Waals surface area contributed by atoms with Gasteiger partial charge in [0.05, 0.1) is 19.0 Å². The second-order valence-corrected chi connectivity index (χ2v) is 9.61. The molecular formula is C20H32N2O3S. The van der Waals surface area contributed by atoms with Gasteiger partial charge in [-0.1, -0.05) is 37.3 Å². The van der Waals surface area contributed by atoms with Gasteiger partial charge in [0.1, 0.15) is 0 Å². The van der Waals surface area contributed by atoms with E-state index in [0.29, 0.717) is 18.6 Å². The Balaban J connectivity index is 1.47. The summed E-state index contributed by atoms with van der Waals surface area (Å²) in [6.45, 7) is 2.70. The predicted octanol–water partition coefficient (Wildman–Crippen LogP) is 2.79. The summed E-state index contributed by atoms with van der Waals surface area (Å²) in [5.41, 5.74) is 1.44. The number of nitrogens with one attached hydrogen (secondary N) is 2. The summed E-state index contributed by atoms with van der Waals surface area (Å²) in [5, 5.41) is 3.54. The van der Waals surface area contributed by atoms with Crippen LogP contribution in [0, 0.1) is 0 Å². The van der Waals surface area contributed by atoms with Crippen LogP contribution in [0.25, 0.3) is 0 Å². The van der Waals surface area contributed by atoms with Gasteiger partial charge in [0.15, 0.2) is 0 Å². The predicted molar refractivity (Wildman–Crippen MR) is 105 cm³/mol. The van der Waals surface area contributed by atoms with Gasteiger partial charge in [0.2, 0.25) is 10.0 Å². The topological polar surface area (TPSA) is 67.4 Å². The van der Waals surface area contributed by atoms with E-state index in [9.17, 15) is 8.42 Å². The van der Waals surface area contributed by atoms with E-state index in [2.05, 4.69) is 47.3 Å². The summed E-state index contributed by atoms with van der Waals surface area (Å²) in [7, 11) is -3.20. The van der Waals surface area contributed by atoms with Gasteiger partial charge >= 0.3 is 0 Å². The molecule has 1 saturated carbocycles. The van der Waals surface area contributed by atoms with E-state index in [1.54, 1.807) is 0 Å². The lowest BCUT2D eigenvalue weighted by Crippen LogP contribution is -2.46. The average Bonchev–Trinajstić information content (AvgIpc) is 3.01. The fraction of sp³-hybridized carbons (Fsp3) is 0.700. The van der Waals surface area contributed by atoms with Crippen molar-refractivity contribution in [3.8, 4) is 0 Å². The Bertz CT molecular complexity index is 657. The van der Waals surface area contributed by atoms with Gasteiger partial charge in [-0.2, -0.15) is 0 Å². The molecule has 0 aromatic heterocycles. The van der Waals surface area contributed by atoms with E-state index in [4.69, 9.17) is 4.74 Å². The molecular weight excluding hydrogens is 348 g/mol. The van der Waals surface area contributed by atoms with E-state index in [-0.39, 0.29) is 18.2 Å². The largest absolute Gasteiger partial charge is 0.377 e. The molecule has 3 unspecified atom stereocenters. The molecule has 0 amide bonds. The molecule has 0 spiro atoms. The van der Waals surface area contributed by atoms with Gasteiger partial charge in [-0.25, -0.2) is 13.1 Å². The van der Waals surface area contributed by atoms with Crippen LogP contribution in [0.4, 0.5) is 0 Å². The van der Waals surface area contributed by atoms with Crippen molar-refractivity contribution in [2.24, 2.45) is 0 Å². The van der Waals surface area contributed by atoms with E-state index in [0.717, 1.165) is 38.5 Å². The molecule has 0 radical (unpaired) electrons. The molecule has 1 saturated heterocycles. The fourth-order valence-corrected chi connectivity index (χ4v) is 5.15. The molecule has 0 bridgehead atoms. The average molecular weight is 381 g/mol. The van der Waals surface area contributed by atoms with E-state index < -0.39 is 10.0 Å². The normalized spacial score (nSPS) is 32.6. The third kappa shape index (κ3) is 5.52. The maximum atomic E-state index is 11.6. The maximum Gasteiger partial charge on any atom is 0.209 e. The van der Waals surface area contributed by atoms with Crippen LogP contribution in [0.3, 0.4) is 0 Å². The van der Waals surface area contributed by atoms with Crippen LogP contribution >= 0.6 is 0 Å². The minimum Gasteiger partial charge on any atom is -0.377 e. The van der Waals surface area contributed by atoms with Crippen molar-refractivity contribution >= 4 is 10.0 Å². The molecule has 1 heterocycles. The van der Waals surface area contributed by atoms with Gasteiger partial charge in [-0.05, 0) is 50.0 Å². The molecule has 6 heteroatoms. The summed E-state index contributed by atoms with van der Waals surface area (Å²) in [6, 6.07) is 11.1. The zero-order chi connectivity index (χ0) is 18.6. The zero-order valence-electron chi connectivity index (χ0n) is 15.9. The first-order valence-electron chi connectivity index (χ1n) is 9.84. The molecule has 1 aliphatic heterocycles.